The minimum Gasteiger partial charge on any atom is -0.469 e. The lowest BCUT2D eigenvalue weighted by Crippen LogP contribution is -2.39. The van der Waals surface area contributed by atoms with Crippen molar-refractivity contribution in [2.45, 2.75) is 51.0 Å². The molecule has 0 spiro atoms. The van der Waals surface area contributed by atoms with Crippen LogP contribution in [0.5, 0.6) is 0 Å². The molecule has 1 atom stereocenters. The molecule has 1 fully saturated rings. The molecule has 2 N–H and O–H groups in total. The average Bonchev–Trinajstić information content (AvgIpc) is 3.40. The quantitative estimate of drug-likeness (QED) is 0.209. The number of guanidine groups is 1. The van der Waals surface area contributed by atoms with Crippen molar-refractivity contribution in [3.05, 3.63) is 46.5 Å². The van der Waals surface area contributed by atoms with Crippen LogP contribution in [0.25, 0.3) is 0 Å². The Morgan fingerprint density at radius 3 is 2.75 bits per heavy atom. The van der Waals surface area contributed by atoms with Gasteiger partial charge in [0.25, 0.3) is 0 Å². The summed E-state index contributed by atoms with van der Waals surface area (Å²) in [4.78, 5) is 6.15. The normalized spacial score (nSPS) is 17.1. The molecule has 1 saturated heterocycles. The molecule has 0 radical (unpaired) electrons. The van der Waals surface area contributed by atoms with Gasteiger partial charge in [0.2, 0.25) is 0 Å². The summed E-state index contributed by atoms with van der Waals surface area (Å²) in [6.07, 6.45) is 9.94. The van der Waals surface area contributed by atoms with Gasteiger partial charge in [-0.05, 0) is 62.1 Å². The maximum Gasteiger partial charge on any atom is 0.191 e. The highest BCUT2D eigenvalue weighted by Crippen LogP contribution is 2.16. The molecule has 156 valence electrons. The van der Waals surface area contributed by atoms with E-state index in [1.54, 1.807) is 17.6 Å². The van der Waals surface area contributed by atoms with Gasteiger partial charge in [-0.15, -0.1) is 35.3 Å². The van der Waals surface area contributed by atoms with Crippen LogP contribution in [0.3, 0.4) is 0 Å². The Balaban J connectivity index is 0.00000280. The molecule has 2 aromatic rings. The smallest absolute Gasteiger partial charge is 0.191 e. The molecular weight excluding hydrogens is 485 g/mol. The van der Waals surface area contributed by atoms with Crippen LogP contribution in [0, 0.1) is 0 Å². The third-order valence-corrected chi connectivity index (χ3v) is 5.65. The van der Waals surface area contributed by atoms with E-state index >= 15 is 0 Å². The summed E-state index contributed by atoms with van der Waals surface area (Å²) < 4.78 is 11.2. The first-order chi connectivity index (χ1) is 13.4. The van der Waals surface area contributed by atoms with Gasteiger partial charge in [-0.2, -0.15) is 0 Å². The standard InChI is InChI=1S/C21H31N3O2S.HI/c1-2-15-25-18(6-1)7-3-12-22-21(23-13-10-19-8-4-16-26-19)24-14-11-20-9-5-17-27-20;/h4-5,8-9,16-18H,1-3,6-7,10-15H2,(H2,22,23,24);1H. The Hall–Kier alpha value is -1.06. The Morgan fingerprint density at radius 1 is 1.14 bits per heavy atom. The molecule has 1 aliphatic rings. The maximum atomic E-state index is 5.81. The summed E-state index contributed by atoms with van der Waals surface area (Å²) in [5.74, 6) is 1.89. The maximum absolute atomic E-state index is 5.81. The Kier molecular flexibility index (Phi) is 11.6. The topological polar surface area (TPSA) is 58.8 Å². The molecule has 28 heavy (non-hydrogen) atoms. The van der Waals surface area contributed by atoms with Crippen molar-refractivity contribution in [3.8, 4) is 0 Å². The molecule has 3 rings (SSSR count). The van der Waals surface area contributed by atoms with E-state index in [1.165, 1.54) is 24.1 Å². The number of ether oxygens (including phenoxy) is 1. The van der Waals surface area contributed by atoms with Crippen molar-refractivity contribution >= 4 is 41.3 Å². The molecule has 0 amide bonds. The summed E-state index contributed by atoms with van der Waals surface area (Å²) in [6.45, 7) is 3.45. The van der Waals surface area contributed by atoms with E-state index in [0.29, 0.717) is 6.10 Å². The average molecular weight is 517 g/mol. The SMILES string of the molecule is I.c1coc(CCNC(=NCCCC2CCCCO2)NCCc2cccs2)c1. The van der Waals surface area contributed by atoms with Gasteiger partial charge in [0, 0.05) is 37.5 Å². The van der Waals surface area contributed by atoms with E-state index in [1.807, 2.05) is 12.1 Å². The van der Waals surface area contributed by atoms with Crippen molar-refractivity contribution in [1.82, 2.24) is 10.6 Å². The highest BCUT2D eigenvalue weighted by Gasteiger charge is 2.12. The molecule has 0 saturated carbocycles. The van der Waals surface area contributed by atoms with Gasteiger partial charge in [0.1, 0.15) is 5.76 Å². The van der Waals surface area contributed by atoms with Crippen LogP contribution >= 0.6 is 35.3 Å². The number of halogens is 1. The van der Waals surface area contributed by atoms with Crippen LogP contribution < -0.4 is 10.6 Å². The fourth-order valence-corrected chi connectivity index (χ4v) is 3.95. The van der Waals surface area contributed by atoms with E-state index in [9.17, 15) is 0 Å². The fraction of sp³-hybridized carbons (Fsp3) is 0.571. The number of nitrogens with zero attached hydrogens (tertiary/aromatic N) is 1. The second-order valence-corrected chi connectivity index (χ2v) is 7.91. The van der Waals surface area contributed by atoms with Crippen molar-refractivity contribution in [3.63, 3.8) is 0 Å². The van der Waals surface area contributed by atoms with E-state index in [2.05, 4.69) is 28.1 Å². The fourth-order valence-electron chi connectivity index (χ4n) is 3.24. The zero-order valence-corrected chi connectivity index (χ0v) is 19.5. The van der Waals surface area contributed by atoms with Crippen molar-refractivity contribution in [2.75, 3.05) is 26.2 Å². The van der Waals surface area contributed by atoms with E-state index in [4.69, 9.17) is 14.1 Å². The summed E-state index contributed by atoms with van der Waals surface area (Å²) in [7, 11) is 0. The predicted molar refractivity (Wildman–Crippen MR) is 127 cm³/mol. The van der Waals surface area contributed by atoms with E-state index < -0.39 is 0 Å². The van der Waals surface area contributed by atoms with Gasteiger partial charge in [-0.1, -0.05) is 6.07 Å². The zero-order valence-electron chi connectivity index (χ0n) is 16.4. The number of thiophene rings is 1. The lowest BCUT2D eigenvalue weighted by molar-refractivity contribution is 0.0105. The van der Waals surface area contributed by atoms with Crippen LogP contribution in [0.1, 0.15) is 42.7 Å². The number of hydrogen-bond donors (Lipinski definition) is 2. The van der Waals surface area contributed by atoms with Crippen LogP contribution in [-0.2, 0) is 17.6 Å². The van der Waals surface area contributed by atoms with E-state index in [-0.39, 0.29) is 24.0 Å². The van der Waals surface area contributed by atoms with Crippen LogP contribution in [0.2, 0.25) is 0 Å². The van der Waals surface area contributed by atoms with Gasteiger partial charge in [-0.3, -0.25) is 4.99 Å². The lowest BCUT2D eigenvalue weighted by atomic mass is 10.1. The molecule has 0 bridgehead atoms. The molecule has 0 aliphatic carbocycles. The Bertz CT molecular complexity index is 598. The highest BCUT2D eigenvalue weighted by atomic mass is 127. The predicted octanol–water partition coefficient (Wildman–Crippen LogP) is 4.63. The third kappa shape index (κ3) is 8.96. The van der Waals surface area contributed by atoms with Crippen molar-refractivity contribution in [1.29, 1.82) is 0 Å². The molecule has 0 aromatic carbocycles. The minimum absolute atomic E-state index is 0. The zero-order chi connectivity index (χ0) is 18.6. The molecule has 7 heteroatoms. The summed E-state index contributed by atoms with van der Waals surface area (Å²) in [5.41, 5.74) is 0. The molecule has 1 aliphatic heterocycles. The first-order valence-electron chi connectivity index (χ1n) is 10.1. The third-order valence-electron chi connectivity index (χ3n) is 4.72. The van der Waals surface area contributed by atoms with Gasteiger partial charge >= 0.3 is 0 Å². The number of aliphatic imine (C=N–C) groups is 1. The minimum atomic E-state index is 0. The van der Waals surface area contributed by atoms with Gasteiger partial charge in [0.15, 0.2) is 5.96 Å². The van der Waals surface area contributed by atoms with Crippen molar-refractivity contribution < 1.29 is 9.15 Å². The second-order valence-electron chi connectivity index (χ2n) is 6.87. The molecule has 5 nitrogen and oxygen atoms in total. The molecule has 3 heterocycles. The van der Waals surface area contributed by atoms with Crippen molar-refractivity contribution in [2.24, 2.45) is 4.99 Å². The first kappa shape index (κ1) is 23.2. The van der Waals surface area contributed by atoms with Gasteiger partial charge < -0.3 is 19.8 Å². The molecule has 1 unspecified atom stereocenters. The molecule has 2 aromatic heterocycles. The summed E-state index contributed by atoms with van der Waals surface area (Å²) in [5, 5.41) is 9.01. The van der Waals surface area contributed by atoms with Crippen LogP contribution in [0.4, 0.5) is 0 Å². The molecular formula is C21H32IN3O2S. The number of rotatable bonds is 10. The largest absolute Gasteiger partial charge is 0.469 e. The number of nitrogens with one attached hydrogen (secondary N) is 2. The van der Waals surface area contributed by atoms with Gasteiger partial charge in [0.05, 0.1) is 12.4 Å². The van der Waals surface area contributed by atoms with Crippen LogP contribution in [-0.4, -0.2) is 38.3 Å². The van der Waals surface area contributed by atoms with Crippen LogP contribution in [0.15, 0.2) is 45.3 Å². The second kappa shape index (κ2) is 14.0. The lowest BCUT2D eigenvalue weighted by Gasteiger charge is -2.22. The summed E-state index contributed by atoms with van der Waals surface area (Å²) >= 11 is 1.80. The number of hydrogen-bond acceptors (Lipinski definition) is 4. The monoisotopic (exact) mass is 517 g/mol. The summed E-state index contributed by atoms with van der Waals surface area (Å²) in [6, 6.07) is 8.21. The Labute approximate surface area is 189 Å². The van der Waals surface area contributed by atoms with E-state index in [0.717, 1.165) is 63.6 Å². The first-order valence-corrected chi connectivity index (χ1v) is 11.0. The van der Waals surface area contributed by atoms with Gasteiger partial charge in [-0.25, -0.2) is 0 Å². The Morgan fingerprint density at radius 2 is 2.04 bits per heavy atom. The highest BCUT2D eigenvalue weighted by molar-refractivity contribution is 14.0. The number of furan rings is 1.